The first-order valence-electron chi connectivity index (χ1n) is 7.98. The highest BCUT2D eigenvalue weighted by Gasteiger charge is 2.12. The van der Waals surface area contributed by atoms with E-state index < -0.39 is 0 Å². The topological polar surface area (TPSA) is 25.8 Å². The third kappa shape index (κ3) is 2.46. The van der Waals surface area contributed by atoms with Crippen molar-refractivity contribution in [1.29, 1.82) is 0 Å². The van der Waals surface area contributed by atoms with Gasteiger partial charge in [-0.3, -0.25) is 0 Å². The number of aromatic nitrogens is 2. The van der Waals surface area contributed by atoms with Crippen LogP contribution in [0, 0.1) is 0 Å². The molecule has 2 nitrogen and oxygen atoms in total. The van der Waals surface area contributed by atoms with Crippen LogP contribution in [0.2, 0.25) is 0 Å². The number of hydrogen-bond donors (Lipinski definition) is 0. The normalized spacial score (nSPS) is 11.4. The predicted octanol–water partition coefficient (Wildman–Crippen LogP) is 5.57. The van der Waals surface area contributed by atoms with Crippen LogP contribution in [0.25, 0.3) is 32.9 Å². The van der Waals surface area contributed by atoms with Crippen molar-refractivity contribution in [3.05, 3.63) is 72.6 Å². The van der Waals surface area contributed by atoms with Crippen molar-refractivity contribution in [2.24, 2.45) is 0 Å². The lowest BCUT2D eigenvalue weighted by Gasteiger charge is -2.11. The Morgan fingerprint density at radius 1 is 0.739 bits per heavy atom. The maximum Gasteiger partial charge on any atom is 0.132 e. The molecule has 0 saturated carbocycles. The van der Waals surface area contributed by atoms with Crippen molar-refractivity contribution in [2.75, 3.05) is 0 Å². The SMILES string of the molecule is CC(C)c1nc(-c2ccc3ccccc3c2)c2ccccc2n1. The average molecular weight is 298 g/mol. The molecule has 0 bridgehead atoms. The van der Waals surface area contributed by atoms with E-state index in [1.807, 2.05) is 12.1 Å². The molecule has 2 heteroatoms. The largest absolute Gasteiger partial charge is 0.233 e. The van der Waals surface area contributed by atoms with Crippen molar-refractivity contribution >= 4 is 21.7 Å². The molecule has 112 valence electrons. The second-order valence-electron chi connectivity index (χ2n) is 6.16. The van der Waals surface area contributed by atoms with Gasteiger partial charge in [0.25, 0.3) is 0 Å². The zero-order chi connectivity index (χ0) is 15.8. The van der Waals surface area contributed by atoms with Crippen LogP contribution in [-0.2, 0) is 0 Å². The van der Waals surface area contributed by atoms with Crippen LogP contribution in [0.1, 0.15) is 25.6 Å². The highest BCUT2D eigenvalue weighted by Crippen LogP contribution is 2.29. The van der Waals surface area contributed by atoms with Gasteiger partial charge >= 0.3 is 0 Å². The van der Waals surface area contributed by atoms with Gasteiger partial charge in [-0.15, -0.1) is 0 Å². The van der Waals surface area contributed by atoms with Gasteiger partial charge in [0.1, 0.15) is 5.82 Å². The molecular formula is C21H18N2. The van der Waals surface area contributed by atoms with Crippen molar-refractivity contribution in [3.8, 4) is 11.3 Å². The van der Waals surface area contributed by atoms with E-state index in [9.17, 15) is 0 Å². The van der Waals surface area contributed by atoms with Crippen molar-refractivity contribution < 1.29 is 0 Å². The molecule has 0 amide bonds. The first kappa shape index (κ1) is 13.9. The van der Waals surface area contributed by atoms with Crippen molar-refractivity contribution in [3.63, 3.8) is 0 Å². The van der Waals surface area contributed by atoms with Gasteiger partial charge in [0.05, 0.1) is 11.2 Å². The lowest BCUT2D eigenvalue weighted by Crippen LogP contribution is -2.00. The molecule has 3 aromatic carbocycles. The van der Waals surface area contributed by atoms with Gasteiger partial charge < -0.3 is 0 Å². The molecule has 0 aliphatic heterocycles. The fourth-order valence-electron chi connectivity index (χ4n) is 2.91. The first-order chi connectivity index (χ1) is 11.2. The van der Waals surface area contributed by atoms with Crippen LogP contribution in [0.5, 0.6) is 0 Å². The Balaban J connectivity index is 2.02. The zero-order valence-corrected chi connectivity index (χ0v) is 13.3. The molecule has 0 aliphatic rings. The minimum Gasteiger partial charge on any atom is -0.233 e. The van der Waals surface area contributed by atoms with E-state index in [-0.39, 0.29) is 0 Å². The van der Waals surface area contributed by atoms with Crippen LogP contribution >= 0.6 is 0 Å². The Labute approximate surface area is 135 Å². The fourth-order valence-corrected chi connectivity index (χ4v) is 2.91. The Morgan fingerprint density at radius 2 is 1.48 bits per heavy atom. The van der Waals surface area contributed by atoms with E-state index >= 15 is 0 Å². The maximum absolute atomic E-state index is 4.87. The summed E-state index contributed by atoms with van der Waals surface area (Å²) >= 11 is 0. The quantitative estimate of drug-likeness (QED) is 0.483. The van der Waals surface area contributed by atoms with Gasteiger partial charge in [0, 0.05) is 16.9 Å². The van der Waals surface area contributed by atoms with Gasteiger partial charge in [-0.25, -0.2) is 9.97 Å². The molecule has 4 rings (SSSR count). The molecule has 0 saturated heterocycles. The van der Waals surface area contributed by atoms with E-state index in [2.05, 4.69) is 68.4 Å². The molecule has 0 radical (unpaired) electrons. The number of rotatable bonds is 2. The number of nitrogens with zero attached hydrogens (tertiary/aromatic N) is 2. The second-order valence-corrected chi connectivity index (χ2v) is 6.16. The monoisotopic (exact) mass is 298 g/mol. The van der Waals surface area contributed by atoms with Gasteiger partial charge in [-0.05, 0) is 22.9 Å². The Morgan fingerprint density at radius 3 is 2.30 bits per heavy atom. The third-order valence-electron chi connectivity index (χ3n) is 4.16. The van der Waals surface area contributed by atoms with Gasteiger partial charge in [0.2, 0.25) is 0 Å². The van der Waals surface area contributed by atoms with E-state index in [0.717, 1.165) is 28.0 Å². The molecule has 1 aromatic heterocycles. The summed E-state index contributed by atoms with van der Waals surface area (Å²) in [5.41, 5.74) is 3.17. The Bertz CT molecular complexity index is 1000. The summed E-state index contributed by atoms with van der Waals surface area (Å²) in [7, 11) is 0. The lowest BCUT2D eigenvalue weighted by molar-refractivity contribution is 0.784. The third-order valence-corrected chi connectivity index (χ3v) is 4.16. The van der Waals surface area contributed by atoms with Crippen LogP contribution in [0.4, 0.5) is 0 Å². The van der Waals surface area contributed by atoms with Crippen LogP contribution in [0.3, 0.4) is 0 Å². The van der Waals surface area contributed by atoms with Crippen LogP contribution < -0.4 is 0 Å². The summed E-state index contributed by atoms with van der Waals surface area (Å²) in [5.74, 6) is 1.20. The summed E-state index contributed by atoms with van der Waals surface area (Å²) in [5, 5.41) is 3.59. The Kier molecular flexibility index (Phi) is 3.30. The highest BCUT2D eigenvalue weighted by atomic mass is 14.9. The molecule has 0 fully saturated rings. The number of benzene rings is 3. The zero-order valence-electron chi connectivity index (χ0n) is 13.3. The van der Waals surface area contributed by atoms with Crippen molar-refractivity contribution in [2.45, 2.75) is 19.8 Å². The minimum atomic E-state index is 0.304. The smallest absolute Gasteiger partial charge is 0.132 e. The second kappa shape index (κ2) is 5.47. The van der Waals surface area contributed by atoms with Crippen molar-refractivity contribution in [1.82, 2.24) is 9.97 Å². The number of fused-ring (bicyclic) bond motifs is 2. The van der Waals surface area contributed by atoms with E-state index in [4.69, 9.17) is 9.97 Å². The number of hydrogen-bond acceptors (Lipinski definition) is 2. The number of para-hydroxylation sites is 1. The van der Waals surface area contributed by atoms with E-state index in [1.165, 1.54) is 10.8 Å². The van der Waals surface area contributed by atoms with Gasteiger partial charge in [0.15, 0.2) is 0 Å². The predicted molar refractivity (Wildman–Crippen MR) is 96.6 cm³/mol. The molecule has 0 spiro atoms. The maximum atomic E-state index is 4.87. The summed E-state index contributed by atoms with van der Waals surface area (Å²) < 4.78 is 0. The molecule has 0 N–H and O–H groups in total. The summed E-state index contributed by atoms with van der Waals surface area (Å²) in [6.07, 6.45) is 0. The molecule has 23 heavy (non-hydrogen) atoms. The average Bonchev–Trinajstić information content (AvgIpc) is 2.60. The molecular weight excluding hydrogens is 280 g/mol. The molecule has 0 aliphatic carbocycles. The minimum absolute atomic E-state index is 0.304. The van der Waals surface area contributed by atoms with E-state index in [1.54, 1.807) is 0 Å². The molecule has 4 aromatic rings. The van der Waals surface area contributed by atoms with Crippen LogP contribution in [-0.4, -0.2) is 9.97 Å². The summed E-state index contributed by atoms with van der Waals surface area (Å²) in [6, 6.07) is 23.2. The van der Waals surface area contributed by atoms with Crippen LogP contribution in [0.15, 0.2) is 66.7 Å². The first-order valence-corrected chi connectivity index (χ1v) is 7.98. The summed E-state index contributed by atoms with van der Waals surface area (Å²) in [6.45, 7) is 4.27. The Hall–Kier alpha value is -2.74. The van der Waals surface area contributed by atoms with Gasteiger partial charge in [-0.2, -0.15) is 0 Å². The van der Waals surface area contributed by atoms with Gasteiger partial charge in [-0.1, -0.05) is 68.4 Å². The lowest BCUT2D eigenvalue weighted by atomic mass is 10.0. The fraction of sp³-hybridized carbons (Fsp3) is 0.143. The molecule has 1 heterocycles. The standard InChI is InChI=1S/C21H18N2/c1-14(2)21-22-19-10-6-5-9-18(19)20(23-21)17-12-11-15-7-3-4-8-16(15)13-17/h3-14H,1-2H3. The van der Waals surface area contributed by atoms with E-state index in [0.29, 0.717) is 5.92 Å². The summed E-state index contributed by atoms with van der Waals surface area (Å²) in [4.78, 5) is 9.58. The molecule has 0 atom stereocenters. The highest BCUT2D eigenvalue weighted by molar-refractivity contribution is 5.95. The molecule has 0 unspecified atom stereocenters.